The summed E-state index contributed by atoms with van der Waals surface area (Å²) < 4.78 is 63.3. The molecular formula is C26H32F4O. The Balaban J connectivity index is 1.56. The van der Waals surface area contributed by atoms with Crippen LogP contribution in [0.25, 0.3) is 0 Å². The van der Waals surface area contributed by atoms with E-state index in [-0.39, 0.29) is 24.2 Å². The molecule has 31 heavy (non-hydrogen) atoms. The van der Waals surface area contributed by atoms with Crippen molar-refractivity contribution in [1.29, 1.82) is 0 Å². The standard InChI is InChI=1S/C26H32F4O/c1-3-5-7-19-12-15-22(26(30)24(19)28)17-10-13-21(14-11-17)31-16-20-9-8-18(6-4-2)23(27)25(20)29/h8-9,12,15,17,21H,3-7,10-11,13-14,16H2,1-2H3. The second kappa shape index (κ2) is 11.1. The summed E-state index contributed by atoms with van der Waals surface area (Å²) >= 11 is 0. The van der Waals surface area contributed by atoms with Crippen molar-refractivity contribution in [2.75, 3.05) is 0 Å². The lowest BCUT2D eigenvalue weighted by molar-refractivity contribution is 0.0116. The molecule has 0 heterocycles. The Labute approximate surface area is 182 Å². The van der Waals surface area contributed by atoms with Gasteiger partial charge in [0.25, 0.3) is 0 Å². The van der Waals surface area contributed by atoms with Gasteiger partial charge in [0, 0.05) is 5.56 Å². The number of aryl methyl sites for hydroxylation is 2. The van der Waals surface area contributed by atoms with Crippen molar-refractivity contribution in [2.24, 2.45) is 0 Å². The topological polar surface area (TPSA) is 9.23 Å². The lowest BCUT2D eigenvalue weighted by atomic mass is 9.82. The second-order valence-corrected chi connectivity index (χ2v) is 8.59. The number of unbranched alkanes of at least 4 members (excludes halogenated alkanes) is 1. The van der Waals surface area contributed by atoms with E-state index in [0.717, 1.165) is 19.3 Å². The summed E-state index contributed by atoms with van der Waals surface area (Å²) in [6.07, 6.45) is 6.22. The van der Waals surface area contributed by atoms with E-state index >= 15 is 0 Å². The molecule has 0 bridgehead atoms. The zero-order chi connectivity index (χ0) is 22.4. The maximum atomic E-state index is 14.6. The Morgan fingerprint density at radius 1 is 0.710 bits per heavy atom. The van der Waals surface area contributed by atoms with Crippen molar-refractivity contribution in [1.82, 2.24) is 0 Å². The van der Waals surface area contributed by atoms with Gasteiger partial charge in [0.15, 0.2) is 23.3 Å². The summed E-state index contributed by atoms with van der Waals surface area (Å²) in [7, 11) is 0. The molecule has 0 N–H and O–H groups in total. The fourth-order valence-corrected chi connectivity index (χ4v) is 4.43. The average Bonchev–Trinajstić information content (AvgIpc) is 2.78. The first-order valence-electron chi connectivity index (χ1n) is 11.5. The minimum Gasteiger partial charge on any atom is -0.373 e. The van der Waals surface area contributed by atoms with E-state index < -0.39 is 23.3 Å². The highest BCUT2D eigenvalue weighted by Crippen LogP contribution is 2.37. The lowest BCUT2D eigenvalue weighted by Gasteiger charge is -2.29. The van der Waals surface area contributed by atoms with Gasteiger partial charge in [-0.25, -0.2) is 17.6 Å². The monoisotopic (exact) mass is 436 g/mol. The second-order valence-electron chi connectivity index (χ2n) is 8.59. The molecule has 0 radical (unpaired) electrons. The molecule has 0 amide bonds. The molecule has 1 fully saturated rings. The first-order chi connectivity index (χ1) is 15.0. The Morgan fingerprint density at radius 2 is 1.29 bits per heavy atom. The number of hydrogen-bond donors (Lipinski definition) is 0. The molecule has 170 valence electrons. The van der Waals surface area contributed by atoms with Crippen molar-refractivity contribution < 1.29 is 22.3 Å². The normalized spacial score (nSPS) is 19.0. The third-order valence-corrected chi connectivity index (χ3v) is 6.34. The maximum Gasteiger partial charge on any atom is 0.164 e. The molecule has 1 aliphatic carbocycles. The molecule has 5 heteroatoms. The van der Waals surface area contributed by atoms with Crippen molar-refractivity contribution in [2.45, 2.75) is 90.3 Å². The fraction of sp³-hybridized carbons (Fsp3) is 0.538. The predicted octanol–water partition coefficient (Wildman–Crippen LogP) is 7.78. The number of ether oxygens (including phenoxy) is 1. The van der Waals surface area contributed by atoms with Crippen LogP contribution in [0.15, 0.2) is 24.3 Å². The van der Waals surface area contributed by atoms with Crippen LogP contribution in [0.4, 0.5) is 17.6 Å². The number of rotatable bonds is 9. The van der Waals surface area contributed by atoms with Crippen LogP contribution in [0.3, 0.4) is 0 Å². The summed E-state index contributed by atoms with van der Waals surface area (Å²) in [5.41, 5.74) is 1.49. The minimum absolute atomic E-state index is 0.0135. The summed E-state index contributed by atoms with van der Waals surface area (Å²) in [6.45, 7) is 3.96. The van der Waals surface area contributed by atoms with E-state index in [2.05, 4.69) is 0 Å². The van der Waals surface area contributed by atoms with E-state index in [1.807, 2.05) is 13.8 Å². The molecule has 0 aromatic heterocycles. The van der Waals surface area contributed by atoms with Gasteiger partial charge in [0.2, 0.25) is 0 Å². The highest BCUT2D eigenvalue weighted by Gasteiger charge is 2.27. The van der Waals surface area contributed by atoms with Crippen molar-refractivity contribution >= 4 is 0 Å². The first-order valence-corrected chi connectivity index (χ1v) is 11.5. The van der Waals surface area contributed by atoms with Gasteiger partial charge in [-0.15, -0.1) is 0 Å². The molecule has 0 unspecified atom stereocenters. The summed E-state index contributed by atoms with van der Waals surface area (Å²) in [5, 5.41) is 0. The minimum atomic E-state index is -0.833. The molecule has 1 nitrogen and oxygen atoms in total. The number of benzene rings is 2. The molecule has 1 saturated carbocycles. The highest BCUT2D eigenvalue weighted by atomic mass is 19.2. The van der Waals surface area contributed by atoms with Crippen LogP contribution < -0.4 is 0 Å². The summed E-state index contributed by atoms with van der Waals surface area (Å²) in [4.78, 5) is 0. The van der Waals surface area contributed by atoms with Crippen LogP contribution in [0, 0.1) is 23.3 Å². The molecule has 0 aliphatic heterocycles. The van der Waals surface area contributed by atoms with E-state index in [0.29, 0.717) is 55.2 Å². The van der Waals surface area contributed by atoms with Gasteiger partial charge in [-0.05, 0) is 67.6 Å². The van der Waals surface area contributed by atoms with Crippen LogP contribution in [-0.4, -0.2) is 6.10 Å². The van der Waals surface area contributed by atoms with Crippen molar-refractivity contribution in [3.8, 4) is 0 Å². The molecule has 0 spiro atoms. The Morgan fingerprint density at radius 3 is 1.97 bits per heavy atom. The molecule has 2 aromatic carbocycles. The van der Waals surface area contributed by atoms with Gasteiger partial charge < -0.3 is 4.74 Å². The molecule has 1 aliphatic rings. The zero-order valence-corrected chi connectivity index (χ0v) is 18.5. The summed E-state index contributed by atoms with van der Waals surface area (Å²) in [5.74, 6) is -3.10. The largest absolute Gasteiger partial charge is 0.373 e. The number of hydrogen-bond acceptors (Lipinski definition) is 1. The molecular weight excluding hydrogens is 404 g/mol. The smallest absolute Gasteiger partial charge is 0.164 e. The van der Waals surface area contributed by atoms with Gasteiger partial charge in [-0.2, -0.15) is 0 Å². The van der Waals surface area contributed by atoms with E-state index in [4.69, 9.17) is 4.74 Å². The van der Waals surface area contributed by atoms with Gasteiger partial charge in [0.1, 0.15) is 0 Å². The molecule has 0 saturated heterocycles. The maximum absolute atomic E-state index is 14.6. The highest BCUT2D eigenvalue weighted by molar-refractivity contribution is 5.30. The molecule has 0 atom stereocenters. The first kappa shape index (κ1) is 23.8. The fourth-order valence-electron chi connectivity index (χ4n) is 4.43. The SMILES string of the molecule is CCCCc1ccc(C2CCC(OCc3ccc(CCC)c(F)c3F)CC2)c(F)c1F. The summed E-state index contributed by atoms with van der Waals surface area (Å²) in [6, 6.07) is 6.66. The van der Waals surface area contributed by atoms with E-state index in [1.165, 1.54) is 0 Å². The van der Waals surface area contributed by atoms with E-state index in [1.54, 1.807) is 24.3 Å². The van der Waals surface area contributed by atoms with Crippen LogP contribution in [0.2, 0.25) is 0 Å². The zero-order valence-electron chi connectivity index (χ0n) is 18.5. The number of halogens is 4. The average molecular weight is 437 g/mol. The third kappa shape index (κ3) is 5.68. The van der Waals surface area contributed by atoms with Gasteiger partial charge in [-0.3, -0.25) is 0 Å². The predicted molar refractivity (Wildman–Crippen MR) is 115 cm³/mol. The van der Waals surface area contributed by atoms with Crippen LogP contribution in [0.1, 0.15) is 87.0 Å². The van der Waals surface area contributed by atoms with Crippen LogP contribution >= 0.6 is 0 Å². The Bertz CT molecular complexity index is 872. The van der Waals surface area contributed by atoms with Crippen LogP contribution in [0.5, 0.6) is 0 Å². The third-order valence-electron chi connectivity index (χ3n) is 6.34. The Hall–Kier alpha value is -1.88. The lowest BCUT2D eigenvalue weighted by Crippen LogP contribution is -2.22. The van der Waals surface area contributed by atoms with Gasteiger partial charge in [-0.1, -0.05) is 51.0 Å². The van der Waals surface area contributed by atoms with Gasteiger partial charge in [0.05, 0.1) is 12.7 Å². The Kier molecular flexibility index (Phi) is 8.53. The van der Waals surface area contributed by atoms with Crippen LogP contribution in [-0.2, 0) is 24.2 Å². The van der Waals surface area contributed by atoms with Crippen molar-refractivity contribution in [3.05, 3.63) is 69.8 Å². The molecule has 3 rings (SSSR count). The van der Waals surface area contributed by atoms with E-state index in [9.17, 15) is 17.6 Å². The van der Waals surface area contributed by atoms with Gasteiger partial charge >= 0.3 is 0 Å². The molecule has 2 aromatic rings. The van der Waals surface area contributed by atoms with Crippen molar-refractivity contribution in [3.63, 3.8) is 0 Å². The quantitative estimate of drug-likeness (QED) is 0.365.